The number of nitro benzene ring substituents is 1. The van der Waals surface area contributed by atoms with Crippen molar-refractivity contribution in [2.24, 2.45) is 0 Å². The molecule has 0 saturated heterocycles. The Bertz CT molecular complexity index is 345. The van der Waals surface area contributed by atoms with Crippen LogP contribution in [0.2, 0.25) is 0 Å². The summed E-state index contributed by atoms with van der Waals surface area (Å²) in [6, 6.07) is 7.10. The van der Waals surface area contributed by atoms with E-state index in [9.17, 15) is 10.1 Å². The highest BCUT2D eigenvalue weighted by molar-refractivity contribution is 5.34. The second-order valence-corrected chi connectivity index (χ2v) is 3.75. The van der Waals surface area contributed by atoms with Gasteiger partial charge < -0.3 is 0 Å². The average molecular weight is 222 g/mol. The third kappa shape index (κ3) is 2.79. The molecule has 0 amide bonds. The van der Waals surface area contributed by atoms with Crippen LogP contribution in [-0.2, 0) is 0 Å². The van der Waals surface area contributed by atoms with E-state index in [4.69, 9.17) is 0 Å². The summed E-state index contributed by atoms with van der Waals surface area (Å²) in [5, 5.41) is 10.5. The lowest BCUT2D eigenvalue weighted by Crippen LogP contribution is -2.26. The quantitative estimate of drug-likeness (QED) is 0.568. The fourth-order valence-electron chi connectivity index (χ4n) is 1.86. The van der Waals surface area contributed by atoms with Crippen LogP contribution in [0.1, 0.15) is 32.4 Å². The lowest BCUT2D eigenvalue weighted by atomic mass is 10.1. The number of rotatable bonds is 5. The van der Waals surface area contributed by atoms with Crippen LogP contribution in [0, 0.1) is 10.1 Å². The molecule has 0 spiro atoms. The normalized spacial score (nSPS) is 12.8. The Morgan fingerprint density at radius 3 is 2.12 bits per heavy atom. The zero-order valence-corrected chi connectivity index (χ0v) is 10.0. The van der Waals surface area contributed by atoms with Gasteiger partial charge in [0.1, 0.15) is 0 Å². The Morgan fingerprint density at radius 2 is 1.75 bits per heavy atom. The summed E-state index contributed by atoms with van der Waals surface area (Å²) >= 11 is 0. The first kappa shape index (κ1) is 12.6. The first-order valence-corrected chi connectivity index (χ1v) is 5.58. The fourth-order valence-corrected chi connectivity index (χ4v) is 1.86. The first-order chi connectivity index (χ1) is 7.60. The standard InChI is InChI=1S/C12H18N2O2/c1-4-13(5-2)10(3)11-6-8-12(9-7-11)14(15)16/h6-10H,4-5H2,1-3H3/t10-/m0/s1. The molecule has 0 unspecified atom stereocenters. The van der Waals surface area contributed by atoms with Gasteiger partial charge in [0.05, 0.1) is 4.92 Å². The van der Waals surface area contributed by atoms with Gasteiger partial charge in [-0.1, -0.05) is 26.0 Å². The number of nitrogens with zero attached hydrogens (tertiary/aromatic N) is 2. The van der Waals surface area contributed by atoms with E-state index in [2.05, 4.69) is 25.7 Å². The molecule has 4 nitrogen and oxygen atoms in total. The van der Waals surface area contributed by atoms with E-state index in [0.717, 1.165) is 18.7 Å². The van der Waals surface area contributed by atoms with Crippen molar-refractivity contribution < 1.29 is 4.92 Å². The van der Waals surface area contributed by atoms with E-state index in [1.807, 2.05) is 12.1 Å². The van der Waals surface area contributed by atoms with Gasteiger partial charge in [-0.15, -0.1) is 0 Å². The summed E-state index contributed by atoms with van der Waals surface area (Å²) in [5.74, 6) is 0. The van der Waals surface area contributed by atoms with Crippen molar-refractivity contribution in [3.05, 3.63) is 39.9 Å². The maximum atomic E-state index is 10.5. The molecule has 1 atom stereocenters. The van der Waals surface area contributed by atoms with Crippen molar-refractivity contribution in [1.29, 1.82) is 0 Å². The SMILES string of the molecule is CCN(CC)[C@@H](C)c1ccc([N+](=O)[O-])cc1. The van der Waals surface area contributed by atoms with Gasteiger partial charge in [-0.25, -0.2) is 0 Å². The molecule has 0 bridgehead atoms. The molecule has 88 valence electrons. The molecule has 1 aromatic rings. The zero-order valence-electron chi connectivity index (χ0n) is 10.0. The molecular weight excluding hydrogens is 204 g/mol. The van der Waals surface area contributed by atoms with Gasteiger partial charge in [0, 0.05) is 18.2 Å². The monoisotopic (exact) mass is 222 g/mol. The summed E-state index contributed by atoms with van der Waals surface area (Å²) < 4.78 is 0. The molecular formula is C12H18N2O2. The molecule has 0 radical (unpaired) electrons. The van der Waals surface area contributed by atoms with Gasteiger partial charge >= 0.3 is 0 Å². The maximum absolute atomic E-state index is 10.5. The first-order valence-electron chi connectivity index (χ1n) is 5.58. The molecule has 0 aromatic heterocycles. The lowest BCUT2D eigenvalue weighted by Gasteiger charge is -2.26. The third-order valence-electron chi connectivity index (χ3n) is 2.95. The van der Waals surface area contributed by atoms with Crippen LogP contribution in [0.5, 0.6) is 0 Å². The second-order valence-electron chi connectivity index (χ2n) is 3.75. The van der Waals surface area contributed by atoms with Gasteiger partial charge in [-0.2, -0.15) is 0 Å². The summed E-state index contributed by atoms with van der Waals surface area (Å²) in [4.78, 5) is 12.5. The lowest BCUT2D eigenvalue weighted by molar-refractivity contribution is -0.384. The number of nitro groups is 1. The van der Waals surface area contributed by atoms with Gasteiger partial charge in [0.25, 0.3) is 5.69 Å². The molecule has 0 aliphatic carbocycles. The van der Waals surface area contributed by atoms with E-state index in [1.54, 1.807) is 12.1 Å². The van der Waals surface area contributed by atoms with Crippen LogP contribution in [0.15, 0.2) is 24.3 Å². The van der Waals surface area contributed by atoms with E-state index < -0.39 is 0 Å². The van der Waals surface area contributed by atoms with E-state index >= 15 is 0 Å². The van der Waals surface area contributed by atoms with Crippen molar-refractivity contribution in [2.45, 2.75) is 26.8 Å². The van der Waals surface area contributed by atoms with Gasteiger partial charge in [-0.3, -0.25) is 15.0 Å². The Labute approximate surface area is 96.0 Å². The Hall–Kier alpha value is -1.42. The van der Waals surface area contributed by atoms with E-state index in [0.29, 0.717) is 6.04 Å². The van der Waals surface area contributed by atoms with Gasteiger partial charge in [0.2, 0.25) is 0 Å². The van der Waals surface area contributed by atoms with Crippen LogP contribution in [0.3, 0.4) is 0 Å². The highest BCUT2D eigenvalue weighted by atomic mass is 16.6. The van der Waals surface area contributed by atoms with Crippen molar-refractivity contribution in [2.75, 3.05) is 13.1 Å². The topological polar surface area (TPSA) is 46.4 Å². The molecule has 16 heavy (non-hydrogen) atoms. The van der Waals surface area contributed by atoms with Crippen molar-refractivity contribution >= 4 is 5.69 Å². The average Bonchev–Trinajstić information content (AvgIpc) is 2.30. The number of non-ortho nitro benzene ring substituents is 1. The Morgan fingerprint density at radius 1 is 1.25 bits per heavy atom. The number of hydrogen-bond donors (Lipinski definition) is 0. The molecule has 0 aliphatic rings. The molecule has 0 fully saturated rings. The minimum Gasteiger partial charge on any atom is -0.297 e. The maximum Gasteiger partial charge on any atom is 0.269 e. The third-order valence-corrected chi connectivity index (χ3v) is 2.95. The molecule has 0 heterocycles. The minimum atomic E-state index is -0.369. The summed E-state index contributed by atoms with van der Waals surface area (Å²) in [7, 11) is 0. The highest BCUT2D eigenvalue weighted by Gasteiger charge is 2.13. The fraction of sp³-hybridized carbons (Fsp3) is 0.500. The van der Waals surface area contributed by atoms with Gasteiger partial charge in [0.15, 0.2) is 0 Å². The molecule has 1 aromatic carbocycles. The smallest absolute Gasteiger partial charge is 0.269 e. The largest absolute Gasteiger partial charge is 0.297 e. The predicted molar refractivity (Wildman–Crippen MR) is 64.4 cm³/mol. The highest BCUT2D eigenvalue weighted by Crippen LogP contribution is 2.22. The molecule has 4 heteroatoms. The summed E-state index contributed by atoms with van der Waals surface area (Å²) in [6.07, 6.45) is 0. The van der Waals surface area contributed by atoms with Crippen molar-refractivity contribution in [3.63, 3.8) is 0 Å². The predicted octanol–water partition coefficient (Wildman–Crippen LogP) is 3.00. The Balaban J connectivity index is 2.84. The molecule has 0 saturated carbocycles. The van der Waals surface area contributed by atoms with E-state index in [1.165, 1.54) is 0 Å². The Kier molecular flexibility index (Phi) is 4.43. The summed E-state index contributed by atoms with van der Waals surface area (Å²) in [5.41, 5.74) is 1.27. The number of hydrogen-bond acceptors (Lipinski definition) is 3. The zero-order chi connectivity index (χ0) is 12.1. The number of benzene rings is 1. The van der Waals surface area contributed by atoms with Crippen LogP contribution in [0.25, 0.3) is 0 Å². The van der Waals surface area contributed by atoms with Crippen LogP contribution in [0.4, 0.5) is 5.69 Å². The van der Waals surface area contributed by atoms with Crippen molar-refractivity contribution in [3.8, 4) is 0 Å². The van der Waals surface area contributed by atoms with Crippen LogP contribution < -0.4 is 0 Å². The van der Waals surface area contributed by atoms with Crippen LogP contribution in [-0.4, -0.2) is 22.9 Å². The minimum absolute atomic E-state index is 0.149. The second kappa shape index (κ2) is 5.61. The molecule has 1 rings (SSSR count). The van der Waals surface area contributed by atoms with Crippen LogP contribution >= 0.6 is 0 Å². The summed E-state index contributed by atoms with van der Waals surface area (Å²) in [6.45, 7) is 8.31. The van der Waals surface area contributed by atoms with Gasteiger partial charge in [-0.05, 0) is 25.6 Å². The van der Waals surface area contributed by atoms with Crippen molar-refractivity contribution in [1.82, 2.24) is 4.90 Å². The molecule has 0 aliphatic heterocycles. The van der Waals surface area contributed by atoms with E-state index in [-0.39, 0.29) is 10.6 Å². The molecule has 0 N–H and O–H groups in total.